The molecule has 130 valence electrons. The Bertz CT molecular complexity index is 611. The van der Waals surface area contributed by atoms with Gasteiger partial charge in [-0.1, -0.05) is 23.7 Å². The van der Waals surface area contributed by atoms with Crippen molar-refractivity contribution in [1.82, 2.24) is 10.2 Å². The van der Waals surface area contributed by atoms with Crippen molar-refractivity contribution in [2.24, 2.45) is 5.92 Å². The largest absolute Gasteiger partial charge is 0.481 e. The van der Waals surface area contributed by atoms with E-state index in [1.165, 1.54) is 0 Å². The summed E-state index contributed by atoms with van der Waals surface area (Å²) in [6, 6.07) is 7.96. The zero-order valence-electron chi connectivity index (χ0n) is 13.7. The van der Waals surface area contributed by atoms with Gasteiger partial charge < -0.3 is 15.3 Å². The van der Waals surface area contributed by atoms with Gasteiger partial charge in [-0.25, -0.2) is 0 Å². The Morgan fingerprint density at radius 2 is 1.83 bits per heavy atom. The molecule has 6 heteroatoms. The summed E-state index contributed by atoms with van der Waals surface area (Å²) in [6.07, 6.45) is 3.57. The molecular weight excluding hydrogens is 328 g/mol. The first-order chi connectivity index (χ1) is 11.5. The third kappa shape index (κ3) is 3.57. The van der Waals surface area contributed by atoms with E-state index in [4.69, 9.17) is 16.7 Å². The SMILES string of the molecule is CN1C(=O)CC(NC2CCC(C(=O)O)CC2)C1c1ccc(Cl)cc1. The van der Waals surface area contributed by atoms with Crippen LogP contribution in [0.4, 0.5) is 0 Å². The molecule has 0 radical (unpaired) electrons. The number of nitrogens with one attached hydrogen (secondary N) is 1. The number of aliphatic carboxylic acids is 1. The molecule has 2 unspecified atom stereocenters. The number of halogens is 1. The van der Waals surface area contributed by atoms with Crippen molar-refractivity contribution in [3.63, 3.8) is 0 Å². The molecule has 1 aromatic rings. The molecule has 1 saturated heterocycles. The van der Waals surface area contributed by atoms with Crippen LogP contribution in [-0.4, -0.2) is 41.0 Å². The molecule has 24 heavy (non-hydrogen) atoms. The highest BCUT2D eigenvalue weighted by Crippen LogP contribution is 2.34. The van der Waals surface area contributed by atoms with Gasteiger partial charge in [0.2, 0.25) is 5.91 Å². The highest BCUT2D eigenvalue weighted by atomic mass is 35.5. The average molecular weight is 351 g/mol. The van der Waals surface area contributed by atoms with Gasteiger partial charge in [-0.3, -0.25) is 9.59 Å². The number of benzene rings is 1. The molecule has 1 aliphatic carbocycles. The molecular formula is C18H23ClN2O3. The van der Waals surface area contributed by atoms with Gasteiger partial charge in [0.1, 0.15) is 0 Å². The fourth-order valence-electron chi connectivity index (χ4n) is 3.94. The Hall–Kier alpha value is -1.59. The van der Waals surface area contributed by atoms with Gasteiger partial charge >= 0.3 is 5.97 Å². The van der Waals surface area contributed by atoms with Gasteiger partial charge in [0, 0.05) is 30.6 Å². The number of amides is 1. The van der Waals surface area contributed by atoms with Crippen LogP contribution in [-0.2, 0) is 9.59 Å². The molecule has 5 nitrogen and oxygen atoms in total. The van der Waals surface area contributed by atoms with Crippen LogP contribution < -0.4 is 5.32 Å². The number of carbonyl (C=O) groups is 2. The van der Waals surface area contributed by atoms with Crippen LogP contribution in [0.2, 0.25) is 5.02 Å². The van der Waals surface area contributed by atoms with E-state index in [-0.39, 0.29) is 30.0 Å². The summed E-state index contributed by atoms with van der Waals surface area (Å²) in [5.74, 6) is -0.780. The predicted octanol–water partition coefficient (Wildman–Crippen LogP) is 2.84. The summed E-state index contributed by atoms with van der Waals surface area (Å²) in [6.45, 7) is 0. The van der Waals surface area contributed by atoms with Gasteiger partial charge in [-0.05, 0) is 43.4 Å². The maximum Gasteiger partial charge on any atom is 0.306 e. The second-order valence-electron chi connectivity index (χ2n) is 6.87. The number of hydrogen-bond donors (Lipinski definition) is 2. The van der Waals surface area contributed by atoms with Gasteiger partial charge in [-0.2, -0.15) is 0 Å². The molecule has 0 spiro atoms. The van der Waals surface area contributed by atoms with Crippen LogP contribution in [0.15, 0.2) is 24.3 Å². The van der Waals surface area contributed by atoms with E-state index in [0.29, 0.717) is 24.3 Å². The van der Waals surface area contributed by atoms with Crippen molar-refractivity contribution in [3.8, 4) is 0 Å². The number of likely N-dealkylation sites (tertiary alicyclic amines) is 1. The normalized spacial score (nSPS) is 30.6. The van der Waals surface area contributed by atoms with Crippen molar-refractivity contribution in [2.45, 2.75) is 50.2 Å². The van der Waals surface area contributed by atoms with E-state index < -0.39 is 5.97 Å². The van der Waals surface area contributed by atoms with E-state index >= 15 is 0 Å². The van der Waals surface area contributed by atoms with E-state index in [1.807, 2.05) is 31.3 Å². The van der Waals surface area contributed by atoms with Crippen LogP contribution in [0, 0.1) is 5.92 Å². The Balaban J connectivity index is 1.68. The third-order valence-electron chi connectivity index (χ3n) is 5.32. The van der Waals surface area contributed by atoms with Gasteiger partial charge in [0.25, 0.3) is 0 Å². The van der Waals surface area contributed by atoms with Crippen molar-refractivity contribution in [3.05, 3.63) is 34.9 Å². The van der Waals surface area contributed by atoms with E-state index in [1.54, 1.807) is 4.90 Å². The molecule has 3 rings (SSSR count). The van der Waals surface area contributed by atoms with Gasteiger partial charge in [-0.15, -0.1) is 0 Å². The molecule has 2 aliphatic rings. The first kappa shape index (κ1) is 17.2. The summed E-state index contributed by atoms with van der Waals surface area (Å²) in [4.78, 5) is 25.1. The number of carboxylic acid groups (broad SMARTS) is 1. The maximum absolute atomic E-state index is 12.2. The molecule has 1 amide bonds. The Morgan fingerprint density at radius 1 is 1.21 bits per heavy atom. The smallest absolute Gasteiger partial charge is 0.306 e. The number of hydrogen-bond acceptors (Lipinski definition) is 3. The molecule has 2 N–H and O–H groups in total. The Labute approximate surface area is 147 Å². The van der Waals surface area contributed by atoms with Crippen LogP contribution in [0.3, 0.4) is 0 Å². The average Bonchev–Trinajstić information content (AvgIpc) is 2.83. The number of likely N-dealkylation sites (N-methyl/N-ethyl adjacent to an activating group) is 1. The van der Waals surface area contributed by atoms with Crippen LogP contribution in [0.25, 0.3) is 0 Å². The molecule has 0 bridgehead atoms. The minimum atomic E-state index is -0.691. The van der Waals surface area contributed by atoms with Crippen LogP contribution >= 0.6 is 11.6 Å². The predicted molar refractivity (Wildman–Crippen MR) is 91.9 cm³/mol. The molecule has 1 heterocycles. The number of rotatable bonds is 4. The van der Waals surface area contributed by atoms with E-state index in [9.17, 15) is 9.59 Å². The highest BCUT2D eigenvalue weighted by Gasteiger charge is 2.40. The third-order valence-corrected chi connectivity index (χ3v) is 5.58. The fraction of sp³-hybridized carbons (Fsp3) is 0.556. The lowest BCUT2D eigenvalue weighted by molar-refractivity contribution is -0.142. The molecule has 0 aromatic heterocycles. The Kier molecular flexibility index (Phi) is 5.11. The maximum atomic E-state index is 12.2. The van der Waals surface area contributed by atoms with Crippen molar-refractivity contribution in [2.75, 3.05) is 7.05 Å². The van der Waals surface area contributed by atoms with E-state index in [0.717, 1.165) is 18.4 Å². The summed E-state index contributed by atoms with van der Waals surface area (Å²) in [5, 5.41) is 13.4. The number of nitrogens with zero attached hydrogens (tertiary/aromatic N) is 1. The molecule has 1 saturated carbocycles. The number of carbonyl (C=O) groups excluding carboxylic acids is 1. The first-order valence-corrected chi connectivity index (χ1v) is 8.83. The van der Waals surface area contributed by atoms with Crippen molar-refractivity contribution < 1.29 is 14.7 Å². The fourth-order valence-corrected chi connectivity index (χ4v) is 4.07. The zero-order chi connectivity index (χ0) is 17.3. The zero-order valence-corrected chi connectivity index (χ0v) is 14.5. The highest BCUT2D eigenvalue weighted by molar-refractivity contribution is 6.30. The van der Waals surface area contributed by atoms with Gasteiger partial charge in [0.15, 0.2) is 0 Å². The van der Waals surface area contributed by atoms with Crippen molar-refractivity contribution >= 4 is 23.5 Å². The Morgan fingerprint density at radius 3 is 2.42 bits per heavy atom. The van der Waals surface area contributed by atoms with Gasteiger partial charge in [0.05, 0.1) is 12.0 Å². The lowest BCUT2D eigenvalue weighted by atomic mass is 9.85. The summed E-state index contributed by atoms with van der Waals surface area (Å²) >= 11 is 5.97. The monoisotopic (exact) mass is 350 g/mol. The summed E-state index contributed by atoms with van der Waals surface area (Å²) in [5.41, 5.74) is 1.07. The van der Waals surface area contributed by atoms with E-state index in [2.05, 4.69) is 5.32 Å². The lowest BCUT2D eigenvalue weighted by Crippen LogP contribution is -2.43. The molecule has 2 fully saturated rings. The van der Waals surface area contributed by atoms with Crippen LogP contribution in [0.1, 0.15) is 43.7 Å². The molecule has 1 aromatic carbocycles. The first-order valence-electron chi connectivity index (χ1n) is 8.45. The van der Waals surface area contributed by atoms with Crippen molar-refractivity contribution in [1.29, 1.82) is 0 Å². The summed E-state index contributed by atoms with van der Waals surface area (Å²) in [7, 11) is 1.84. The quantitative estimate of drug-likeness (QED) is 0.876. The number of carboxylic acids is 1. The molecule has 1 aliphatic heterocycles. The van der Waals surface area contributed by atoms with Crippen LogP contribution in [0.5, 0.6) is 0 Å². The second kappa shape index (κ2) is 7.11. The minimum absolute atomic E-state index is 0.00744. The molecule has 2 atom stereocenters. The topological polar surface area (TPSA) is 69.6 Å². The standard InChI is InChI=1S/C18H23ClN2O3/c1-21-16(22)10-15(17(21)11-2-6-13(19)7-3-11)20-14-8-4-12(5-9-14)18(23)24/h2-3,6-7,12,14-15,17,20H,4-5,8-10H2,1H3,(H,23,24). The summed E-state index contributed by atoms with van der Waals surface area (Å²) < 4.78 is 0. The second-order valence-corrected chi connectivity index (χ2v) is 7.30. The minimum Gasteiger partial charge on any atom is -0.481 e. The lowest BCUT2D eigenvalue weighted by Gasteiger charge is -2.32.